The number of methoxy groups -OCH3 is 1. The first-order valence-corrected chi connectivity index (χ1v) is 8.42. The fourth-order valence-electron chi connectivity index (χ4n) is 2.30. The smallest absolute Gasteiger partial charge is 0.339 e. The third-order valence-electron chi connectivity index (χ3n) is 3.63. The van der Waals surface area contributed by atoms with Crippen molar-refractivity contribution >= 4 is 34.9 Å². The number of ether oxygens (including phenoxy) is 1. The number of carbonyl (C=O) groups is 3. The first kappa shape index (κ1) is 20.6. The highest BCUT2D eigenvalue weighted by molar-refractivity contribution is 6.02. The lowest BCUT2D eigenvalue weighted by atomic mass is 10.1. The summed E-state index contributed by atoms with van der Waals surface area (Å²) >= 11 is 0. The summed E-state index contributed by atoms with van der Waals surface area (Å²) in [4.78, 5) is 39.9. The molecule has 0 radical (unpaired) electrons. The Bertz CT molecular complexity index is 891. The summed E-state index contributed by atoms with van der Waals surface area (Å²) in [5.41, 5.74) is 2.60. The minimum Gasteiger partial charge on any atom is -0.465 e. The van der Waals surface area contributed by atoms with E-state index in [0.717, 1.165) is 5.56 Å². The zero-order valence-corrected chi connectivity index (χ0v) is 15.8. The second-order valence-electron chi connectivity index (χ2n) is 5.79. The lowest BCUT2D eigenvalue weighted by molar-refractivity contribution is -0.120. The Morgan fingerprint density at radius 1 is 0.964 bits per heavy atom. The Morgan fingerprint density at radius 3 is 2.29 bits per heavy atom. The molecule has 2 N–H and O–H groups in total. The van der Waals surface area contributed by atoms with Gasteiger partial charge in [0.2, 0.25) is 5.91 Å². The number of carbonyl (C=O) groups excluding carboxylic acids is 3. The van der Waals surface area contributed by atoms with Crippen LogP contribution < -0.4 is 10.6 Å². The quantitative estimate of drug-likeness (QED) is 0.434. The molecule has 2 amide bonds. The number of rotatable bonds is 7. The van der Waals surface area contributed by atoms with Crippen LogP contribution in [-0.4, -0.2) is 37.2 Å². The molecule has 8 nitrogen and oxygen atoms in total. The molecule has 2 rings (SSSR count). The Labute approximate surface area is 162 Å². The molecule has 0 spiro atoms. The molecule has 0 unspecified atom stereocenters. The average Bonchev–Trinajstić information content (AvgIpc) is 2.67. The molecule has 0 aliphatic rings. The zero-order chi connectivity index (χ0) is 20.5. The third-order valence-corrected chi connectivity index (χ3v) is 3.63. The second kappa shape index (κ2) is 9.86. The van der Waals surface area contributed by atoms with Crippen molar-refractivity contribution in [1.29, 1.82) is 0 Å². The molecule has 0 aliphatic heterocycles. The number of amides is 2. The number of nitrogens with zero attached hydrogens (tertiary/aromatic N) is 1. The SMILES string of the molecule is COC(=O)c1ccccc1NC(=O)CO/N=C(\C)c1ccc(NC(C)=O)cc1. The maximum absolute atomic E-state index is 12.0. The van der Waals surface area contributed by atoms with Crippen LogP contribution in [0.25, 0.3) is 0 Å². The minimum absolute atomic E-state index is 0.152. The van der Waals surface area contributed by atoms with Gasteiger partial charge in [0.05, 0.1) is 24.1 Å². The molecule has 0 bridgehead atoms. The highest BCUT2D eigenvalue weighted by Gasteiger charge is 2.13. The highest BCUT2D eigenvalue weighted by atomic mass is 16.6. The molecule has 0 fully saturated rings. The van der Waals surface area contributed by atoms with Crippen LogP contribution in [0.2, 0.25) is 0 Å². The topological polar surface area (TPSA) is 106 Å². The lowest BCUT2D eigenvalue weighted by Gasteiger charge is -2.09. The van der Waals surface area contributed by atoms with Crippen molar-refractivity contribution in [3.8, 4) is 0 Å². The Morgan fingerprint density at radius 2 is 1.64 bits per heavy atom. The summed E-state index contributed by atoms with van der Waals surface area (Å²) in [6.45, 7) is 2.85. The first-order chi connectivity index (χ1) is 13.4. The molecule has 8 heteroatoms. The first-order valence-electron chi connectivity index (χ1n) is 8.42. The van der Waals surface area contributed by atoms with E-state index in [0.29, 0.717) is 17.1 Å². The van der Waals surface area contributed by atoms with Crippen molar-refractivity contribution in [2.75, 3.05) is 24.4 Å². The normalized spacial score (nSPS) is 10.8. The molecule has 28 heavy (non-hydrogen) atoms. The third kappa shape index (κ3) is 5.94. The van der Waals surface area contributed by atoms with Crippen molar-refractivity contribution in [3.05, 3.63) is 59.7 Å². The largest absolute Gasteiger partial charge is 0.465 e. The molecule has 2 aromatic rings. The molecule has 0 atom stereocenters. The van der Waals surface area contributed by atoms with Gasteiger partial charge in [-0.15, -0.1) is 0 Å². The van der Waals surface area contributed by atoms with Crippen molar-refractivity contribution in [2.45, 2.75) is 13.8 Å². The summed E-state index contributed by atoms with van der Waals surface area (Å²) in [6.07, 6.45) is 0. The standard InChI is InChI=1S/C20H21N3O5/c1-13(15-8-10-16(11-9-15)21-14(2)24)23-28-12-19(25)22-18-7-5-4-6-17(18)20(26)27-3/h4-11H,12H2,1-3H3,(H,21,24)(H,22,25)/b23-13+. The van der Waals surface area contributed by atoms with Crippen LogP contribution >= 0.6 is 0 Å². The van der Waals surface area contributed by atoms with Crippen LogP contribution in [0.5, 0.6) is 0 Å². The number of oxime groups is 1. The lowest BCUT2D eigenvalue weighted by Crippen LogP contribution is -2.19. The predicted molar refractivity (Wildman–Crippen MR) is 105 cm³/mol. The molecule has 146 valence electrons. The van der Waals surface area contributed by atoms with Gasteiger partial charge in [0.25, 0.3) is 5.91 Å². The van der Waals surface area contributed by atoms with Gasteiger partial charge in [-0.25, -0.2) is 4.79 Å². The fourth-order valence-corrected chi connectivity index (χ4v) is 2.30. The average molecular weight is 383 g/mol. The summed E-state index contributed by atoms with van der Waals surface area (Å²) < 4.78 is 4.68. The summed E-state index contributed by atoms with van der Waals surface area (Å²) in [6, 6.07) is 13.5. The second-order valence-corrected chi connectivity index (χ2v) is 5.79. The number of esters is 1. The highest BCUT2D eigenvalue weighted by Crippen LogP contribution is 2.16. The molecule has 0 saturated heterocycles. The molecular formula is C20H21N3O5. The molecular weight excluding hydrogens is 362 g/mol. The summed E-state index contributed by atoms with van der Waals surface area (Å²) in [7, 11) is 1.27. The van der Waals surface area contributed by atoms with Crippen LogP contribution in [0.4, 0.5) is 11.4 Å². The Kier molecular flexibility index (Phi) is 7.27. The predicted octanol–water partition coefficient (Wildman–Crippen LogP) is 2.81. The van der Waals surface area contributed by atoms with Crippen molar-refractivity contribution in [1.82, 2.24) is 0 Å². The van der Waals surface area contributed by atoms with E-state index in [2.05, 4.69) is 20.5 Å². The molecule has 0 saturated carbocycles. The van der Waals surface area contributed by atoms with Crippen LogP contribution in [0.3, 0.4) is 0 Å². The van der Waals surface area contributed by atoms with E-state index in [1.165, 1.54) is 14.0 Å². The van der Waals surface area contributed by atoms with E-state index in [-0.39, 0.29) is 18.1 Å². The van der Waals surface area contributed by atoms with Gasteiger partial charge in [-0.05, 0) is 36.8 Å². The summed E-state index contributed by atoms with van der Waals surface area (Å²) in [5, 5.41) is 9.18. The van der Waals surface area contributed by atoms with E-state index in [9.17, 15) is 14.4 Å². The Hall–Kier alpha value is -3.68. The van der Waals surface area contributed by atoms with Gasteiger partial charge >= 0.3 is 5.97 Å². The van der Waals surface area contributed by atoms with Crippen molar-refractivity contribution in [3.63, 3.8) is 0 Å². The maximum Gasteiger partial charge on any atom is 0.339 e. The Balaban J connectivity index is 1.92. The van der Waals surface area contributed by atoms with E-state index in [4.69, 9.17) is 4.84 Å². The monoisotopic (exact) mass is 383 g/mol. The number of nitrogens with one attached hydrogen (secondary N) is 2. The fraction of sp³-hybridized carbons (Fsp3) is 0.200. The number of hydrogen-bond acceptors (Lipinski definition) is 6. The van der Waals surface area contributed by atoms with Gasteiger partial charge in [0, 0.05) is 12.6 Å². The molecule has 0 aliphatic carbocycles. The number of benzene rings is 2. The van der Waals surface area contributed by atoms with E-state index in [1.54, 1.807) is 55.5 Å². The number of para-hydroxylation sites is 1. The van der Waals surface area contributed by atoms with Crippen LogP contribution in [0, 0.1) is 0 Å². The van der Waals surface area contributed by atoms with Crippen molar-refractivity contribution < 1.29 is 24.0 Å². The number of anilines is 2. The van der Waals surface area contributed by atoms with E-state index in [1.807, 2.05) is 0 Å². The van der Waals surface area contributed by atoms with Crippen LogP contribution in [0.15, 0.2) is 53.7 Å². The van der Waals surface area contributed by atoms with Gasteiger partial charge in [0.1, 0.15) is 0 Å². The summed E-state index contributed by atoms with van der Waals surface area (Å²) in [5.74, 6) is -1.16. The van der Waals surface area contributed by atoms with Gasteiger partial charge in [0.15, 0.2) is 6.61 Å². The van der Waals surface area contributed by atoms with Gasteiger partial charge in [-0.3, -0.25) is 9.59 Å². The van der Waals surface area contributed by atoms with Crippen LogP contribution in [-0.2, 0) is 19.2 Å². The van der Waals surface area contributed by atoms with E-state index >= 15 is 0 Å². The van der Waals surface area contributed by atoms with Gasteiger partial charge in [-0.2, -0.15) is 0 Å². The molecule has 2 aromatic carbocycles. The van der Waals surface area contributed by atoms with Gasteiger partial charge < -0.3 is 20.2 Å². The number of hydrogen-bond donors (Lipinski definition) is 2. The zero-order valence-electron chi connectivity index (χ0n) is 15.8. The van der Waals surface area contributed by atoms with Crippen LogP contribution in [0.1, 0.15) is 29.8 Å². The van der Waals surface area contributed by atoms with Gasteiger partial charge in [-0.1, -0.05) is 29.4 Å². The maximum atomic E-state index is 12.0. The molecule has 0 heterocycles. The van der Waals surface area contributed by atoms with E-state index < -0.39 is 11.9 Å². The van der Waals surface area contributed by atoms with Crippen molar-refractivity contribution in [2.24, 2.45) is 5.16 Å². The minimum atomic E-state index is -0.548. The molecule has 0 aromatic heterocycles.